The van der Waals surface area contributed by atoms with Crippen LogP contribution in [0.25, 0.3) is 10.9 Å². The molecule has 0 saturated heterocycles. The number of benzene rings is 2. The second-order valence-corrected chi connectivity index (χ2v) is 5.20. The summed E-state index contributed by atoms with van der Waals surface area (Å²) in [6.45, 7) is 0.808. The van der Waals surface area contributed by atoms with E-state index >= 15 is 0 Å². The van der Waals surface area contributed by atoms with E-state index in [-0.39, 0.29) is 0 Å². The fourth-order valence-electron chi connectivity index (χ4n) is 2.16. The molecule has 0 amide bonds. The predicted octanol–water partition coefficient (Wildman–Crippen LogP) is 3.09. The van der Waals surface area contributed by atoms with Crippen LogP contribution in [0.5, 0.6) is 0 Å². The maximum absolute atomic E-state index is 5.31. The maximum Gasteiger partial charge on any atom is 0.170 e. The van der Waals surface area contributed by atoms with Crippen LogP contribution in [0, 0.1) is 0 Å². The Morgan fingerprint density at radius 1 is 1.14 bits per heavy atom. The van der Waals surface area contributed by atoms with Crippen molar-refractivity contribution in [1.29, 1.82) is 0 Å². The molecular formula is C16H16N4S. The second kappa shape index (κ2) is 6.37. The van der Waals surface area contributed by atoms with Crippen LogP contribution in [0.15, 0.2) is 54.7 Å². The molecule has 0 saturated carbocycles. The first-order valence-corrected chi connectivity index (χ1v) is 7.24. The van der Waals surface area contributed by atoms with Gasteiger partial charge >= 0.3 is 0 Å². The normalized spacial score (nSPS) is 10.5. The zero-order valence-corrected chi connectivity index (χ0v) is 12.3. The van der Waals surface area contributed by atoms with E-state index in [1.54, 1.807) is 6.20 Å². The van der Waals surface area contributed by atoms with E-state index in [0.29, 0.717) is 5.11 Å². The number of thiocarbonyl (C=S) groups is 1. The topological polar surface area (TPSA) is 52.7 Å². The van der Waals surface area contributed by atoms with Gasteiger partial charge in [-0.2, -0.15) is 5.10 Å². The summed E-state index contributed by atoms with van der Waals surface area (Å²) in [5, 5.41) is 15.1. The van der Waals surface area contributed by atoms with E-state index in [0.717, 1.165) is 29.6 Å². The van der Waals surface area contributed by atoms with Crippen LogP contribution in [0.1, 0.15) is 5.56 Å². The first-order valence-electron chi connectivity index (χ1n) is 6.83. The van der Waals surface area contributed by atoms with Gasteiger partial charge in [0.1, 0.15) is 0 Å². The summed E-state index contributed by atoms with van der Waals surface area (Å²) in [7, 11) is 0. The number of anilines is 1. The maximum atomic E-state index is 5.31. The number of nitrogens with one attached hydrogen (secondary N) is 3. The summed E-state index contributed by atoms with van der Waals surface area (Å²) in [4.78, 5) is 0. The van der Waals surface area contributed by atoms with Crippen LogP contribution in [0.3, 0.4) is 0 Å². The van der Waals surface area contributed by atoms with Crippen LogP contribution in [-0.2, 0) is 6.42 Å². The first kappa shape index (κ1) is 13.6. The minimum atomic E-state index is 0.629. The molecule has 0 aliphatic carbocycles. The highest BCUT2D eigenvalue weighted by atomic mass is 32.1. The van der Waals surface area contributed by atoms with Gasteiger partial charge in [-0.1, -0.05) is 30.3 Å². The van der Waals surface area contributed by atoms with E-state index in [1.807, 2.05) is 36.4 Å². The molecule has 1 aromatic heterocycles. The largest absolute Gasteiger partial charge is 0.362 e. The minimum absolute atomic E-state index is 0.629. The summed E-state index contributed by atoms with van der Waals surface area (Å²) in [6, 6.07) is 16.3. The molecule has 21 heavy (non-hydrogen) atoms. The van der Waals surface area contributed by atoms with Crippen molar-refractivity contribution in [2.45, 2.75) is 6.42 Å². The lowest BCUT2D eigenvalue weighted by Crippen LogP contribution is -2.30. The molecule has 0 spiro atoms. The number of aromatic amines is 1. The summed E-state index contributed by atoms with van der Waals surface area (Å²) >= 11 is 5.31. The molecule has 2 aromatic carbocycles. The fourth-order valence-corrected chi connectivity index (χ4v) is 2.38. The van der Waals surface area contributed by atoms with E-state index in [2.05, 4.69) is 33.0 Å². The Balaban J connectivity index is 1.51. The summed E-state index contributed by atoms with van der Waals surface area (Å²) < 4.78 is 0. The highest BCUT2D eigenvalue weighted by molar-refractivity contribution is 7.80. The molecule has 5 heteroatoms. The van der Waals surface area contributed by atoms with Gasteiger partial charge in [-0.05, 0) is 42.4 Å². The Hall–Kier alpha value is -2.40. The van der Waals surface area contributed by atoms with Crippen molar-refractivity contribution in [3.63, 3.8) is 0 Å². The zero-order chi connectivity index (χ0) is 14.5. The molecule has 0 unspecified atom stereocenters. The number of aromatic nitrogens is 2. The van der Waals surface area contributed by atoms with Gasteiger partial charge < -0.3 is 10.6 Å². The van der Waals surface area contributed by atoms with Gasteiger partial charge in [0.05, 0.1) is 11.7 Å². The quantitative estimate of drug-likeness (QED) is 0.648. The third kappa shape index (κ3) is 3.58. The van der Waals surface area contributed by atoms with Crippen molar-refractivity contribution >= 4 is 33.9 Å². The van der Waals surface area contributed by atoms with Crippen molar-refractivity contribution < 1.29 is 0 Å². The Morgan fingerprint density at radius 3 is 2.86 bits per heavy atom. The SMILES string of the molecule is S=C(NCCc1ccccc1)Nc1ccc2cn[nH]c2c1. The Bertz CT molecular complexity index is 736. The molecule has 0 atom stereocenters. The van der Waals surface area contributed by atoms with Gasteiger partial charge in [0, 0.05) is 17.6 Å². The van der Waals surface area contributed by atoms with Gasteiger partial charge in [-0.25, -0.2) is 0 Å². The standard InChI is InChI=1S/C16H16N4S/c21-16(17-9-8-12-4-2-1-3-5-12)19-14-7-6-13-11-18-20-15(13)10-14/h1-7,10-11H,8-9H2,(H,18,20)(H2,17,19,21). The van der Waals surface area contributed by atoms with Gasteiger partial charge in [-0.15, -0.1) is 0 Å². The number of nitrogens with zero attached hydrogens (tertiary/aromatic N) is 1. The monoisotopic (exact) mass is 296 g/mol. The van der Waals surface area contributed by atoms with Crippen LogP contribution >= 0.6 is 12.2 Å². The van der Waals surface area contributed by atoms with Crippen LogP contribution < -0.4 is 10.6 Å². The molecule has 0 bridgehead atoms. The number of rotatable bonds is 4. The highest BCUT2D eigenvalue weighted by Gasteiger charge is 2.00. The average molecular weight is 296 g/mol. The van der Waals surface area contributed by atoms with Gasteiger partial charge in [0.2, 0.25) is 0 Å². The molecule has 0 fully saturated rings. The second-order valence-electron chi connectivity index (χ2n) is 4.79. The van der Waals surface area contributed by atoms with E-state index < -0.39 is 0 Å². The minimum Gasteiger partial charge on any atom is -0.362 e. The van der Waals surface area contributed by atoms with Gasteiger partial charge in [-0.3, -0.25) is 5.10 Å². The van der Waals surface area contributed by atoms with E-state index in [4.69, 9.17) is 12.2 Å². The number of fused-ring (bicyclic) bond motifs is 1. The molecule has 0 aliphatic heterocycles. The molecule has 1 heterocycles. The average Bonchev–Trinajstić information content (AvgIpc) is 2.96. The molecule has 3 N–H and O–H groups in total. The molecule has 3 aromatic rings. The van der Waals surface area contributed by atoms with Gasteiger partial charge in [0.15, 0.2) is 5.11 Å². The number of H-pyrrole nitrogens is 1. The first-order chi connectivity index (χ1) is 10.3. The summed E-state index contributed by atoms with van der Waals surface area (Å²) in [5.41, 5.74) is 3.24. The summed E-state index contributed by atoms with van der Waals surface area (Å²) in [5.74, 6) is 0. The Labute approximate surface area is 128 Å². The fraction of sp³-hybridized carbons (Fsp3) is 0.125. The molecule has 0 radical (unpaired) electrons. The molecule has 0 aliphatic rings. The zero-order valence-electron chi connectivity index (χ0n) is 11.5. The van der Waals surface area contributed by atoms with Crippen LogP contribution in [-0.4, -0.2) is 21.9 Å². The summed E-state index contributed by atoms with van der Waals surface area (Å²) in [6.07, 6.45) is 2.75. The molecule has 3 rings (SSSR count). The van der Waals surface area contributed by atoms with Crippen molar-refractivity contribution in [2.24, 2.45) is 0 Å². The van der Waals surface area contributed by atoms with E-state index in [9.17, 15) is 0 Å². The Morgan fingerprint density at radius 2 is 2.00 bits per heavy atom. The lowest BCUT2D eigenvalue weighted by atomic mass is 10.1. The smallest absolute Gasteiger partial charge is 0.170 e. The van der Waals surface area contributed by atoms with Crippen LogP contribution in [0.2, 0.25) is 0 Å². The number of hydrogen-bond acceptors (Lipinski definition) is 2. The van der Waals surface area contributed by atoms with Gasteiger partial charge in [0.25, 0.3) is 0 Å². The van der Waals surface area contributed by atoms with Crippen molar-refractivity contribution in [2.75, 3.05) is 11.9 Å². The lowest BCUT2D eigenvalue weighted by molar-refractivity contribution is 0.873. The van der Waals surface area contributed by atoms with Crippen LogP contribution in [0.4, 0.5) is 5.69 Å². The lowest BCUT2D eigenvalue weighted by Gasteiger charge is -2.10. The predicted molar refractivity (Wildman–Crippen MR) is 90.5 cm³/mol. The highest BCUT2D eigenvalue weighted by Crippen LogP contribution is 2.16. The third-order valence-electron chi connectivity index (χ3n) is 3.24. The van der Waals surface area contributed by atoms with E-state index in [1.165, 1.54) is 5.56 Å². The number of hydrogen-bond donors (Lipinski definition) is 3. The molecular weight excluding hydrogens is 280 g/mol. The Kier molecular flexibility index (Phi) is 4.12. The van der Waals surface area contributed by atoms with Crippen molar-refractivity contribution in [3.05, 3.63) is 60.3 Å². The molecule has 4 nitrogen and oxygen atoms in total. The van der Waals surface area contributed by atoms with Crippen molar-refractivity contribution in [1.82, 2.24) is 15.5 Å². The van der Waals surface area contributed by atoms with Crippen molar-refractivity contribution in [3.8, 4) is 0 Å². The third-order valence-corrected chi connectivity index (χ3v) is 3.49. The molecule has 106 valence electrons.